The number of nitrogens with one attached hydrogen (secondary N) is 1. The number of halogens is 2. The van der Waals surface area contributed by atoms with Gasteiger partial charge < -0.3 is 5.32 Å². The molecule has 1 N–H and O–H groups in total. The van der Waals surface area contributed by atoms with E-state index in [0.717, 1.165) is 25.9 Å². The second-order valence-corrected chi connectivity index (χ2v) is 6.60. The zero-order chi connectivity index (χ0) is 17.4. The molecule has 1 saturated heterocycles. The summed E-state index contributed by atoms with van der Waals surface area (Å²) >= 11 is 3.11. The second kappa shape index (κ2) is 6.52. The third-order valence-corrected chi connectivity index (χ3v) is 4.78. The van der Waals surface area contributed by atoms with Gasteiger partial charge in [0.05, 0.1) is 10.2 Å². The van der Waals surface area contributed by atoms with Crippen molar-refractivity contribution in [2.45, 2.75) is 18.8 Å². The number of benzene rings is 1. The average Bonchev–Trinajstić information content (AvgIpc) is 3.24. The predicted octanol–water partition coefficient (Wildman–Crippen LogP) is 2.24. The molecule has 0 aliphatic carbocycles. The molecule has 25 heavy (non-hydrogen) atoms. The van der Waals surface area contributed by atoms with E-state index < -0.39 is 11.6 Å². The van der Waals surface area contributed by atoms with Crippen LogP contribution in [0.5, 0.6) is 0 Å². The van der Waals surface area contributed by atoms with E-state index in [2.05, 4.69) is 36.7 Å². The molecule has 1 aliphatic rings. The Hall–Kier alpha value is -2.33. The molecule has 1 atom stereocenters. The molecular formula is C15H13BrFN5O3. The van der Waals surface area contributed by atoms with Crippen LogP contribution in [0.2, 0.25) is 0 Å². The Morgan fingerprint density at radius 1 is 1.32 bits per heavy atom. The van der Waals surface area contributed by atoms with Crippen LogP contribution in [0.15, 0.2) is 36.6 Å². The van der Waals surface area contributed by atoms with Crippen molar-refractivity contribution in [3.05, 3.63) is 44.7 Å². The Morgan fingerprint density at radius 2 is 2.20 bits per heavy atom. The van der Waals surface area contributed by atoms with Crippen molar-refractivity contribution in [1.29, 1.82) is 0 Å². The fraction of sp³-hybridized carbons (Fsp3) is 0.333. The van der Waals surface area contributed by atoms with Gasteiger partial charge in [0.1, 0.15) is 11.5 Å². The van der Waals surface area contributed by atoms with E-state index in [0.29, 0.717) is 17.1 Å². The van der Waals surface area contributed by atoms with Crippen molar-refractivity contribution in [2.24, 2.45) is 0 Å². The smallest absolute Gasteiger partial charge is 0.316 e. The Morgan fingerprint density at radius 3 is 2.96 bits per heavy atom. The molecule has 4 rings (SSSR count). The zero-order valence-corrected chi connectivity index (χ0v) is 14.5. The predicted molar refractivity (Wildman–Crippen MR) is 87.9 cm³/mol. The maximum absolute atomic E-state index is 13.5. The molecular weight excluding hydrogens is 397 g/mol. The minimum absolute atomic E-state index is 0.107. The first-order chi connectivity index (χ1) is 12.1. The van der Waals surface area contributed by atoms with Crippen molar-refractivity contribution in [3.8, 4) is 17.2 Å². The third-order valence-electron chi connectivity index (χ3n) is 4.18. The standard InChI is InChI=1S/C15H13BrFN5O3/c16-10-6-9(3-4-11(10)17)22-14(21-24-15(22)23)13-12(19-25-20-13)8-2-1-5-18-7-8/h3-4,6,8,18H,1-2,5,7H2. The van der Waals surface area contributed by atoms with Crippen molar-refractivity contribution in [2.75, 3.05) is 13.1 Å². The highest BCUT2D eigenvalue weighted by molar-refractivity contribution is 9.10. The lowest BCUT2D eigenvalue weighted by Crippen LogP contribution is -2.29. The molecule has 0 bridgehead atoms. The van der Waals surface area contributed by atoms with E-state index in [4.69, 9.17) is 9.15 Å². The van der Waals surface area contributed by atoms with Gasteiger partial charge in [-0.05, 0) is 58.7 Å². The zero-order valence-electron chi connectivity index (χ0n) is 12.9. The first-order valence-electron chi connectivity index (χ1n) is 7.73. The molecule has 1 unspecified atom stereocenters. The maximum atomic E-state index is 13.5. The molecule has 1 fully saturated rings. The van der Waals surface area contributed by atoms with Gasteiger partial charge in [0.2, 0.25) is 5.82 Å². The van der Waals surface area contributed by atoms with Gasteiger partial charge in [-0.3, -0.25) is 4.52 Å². The van der Waals surface area contributed by atoms with Crippen LogP contribution in [-0.4, -0.2) is 33.1 Å². The minimum Gasteiger partial charge on any atom is -0.316 e. The van der Waals surface area contributed by atoms with Gasteiger partial charge in [-0.15, -0.1) is 0 Å². The molecule has 10 heteroatoms. The van der Waals surface area contributed by atoms with Gasteiger partial charge in [0.25, 0.3) is 0 Å². The lowest BCUT2D eigenvalue weighted by atomic mass is 9.95. The molecule has 130 valence electrons. The first-order valence-corrected chi connectivity index (χ1v) is 8.52. The van der Waals surface area contributed by atoms with Gasteiger partial charge in [0.15, 0.2) is 5.69 Å². The summed E-state index contributed by atoms with van der Waals surface area (Å²) in [5, 5.41) is 15.0. The fourth-order valence-corrected chi connectivity index (χ4v) is 3.32. The largest absolute Gasteiger partial charge is 0.446 e. The molecule has 0 radical (unpaired) electrons. The molecule has 1 aromatic carbocycles. The molecule has 2 aromatic heterocycles. The van der Waals surface area contributed by atoms with Gasteiger partial charge in [0, 0.05) is 12.5 Å². The van der Waals surface area contributed by atoms with Crippen LogP contribution in [-0.2, 0) is 0 Å². The molecule has 0 amide bonds. The SMILES string of the molecule is O=c1onc(-c2nonc2C2CCCNC2)n1-c1ccc(F)c(Br)c1. The summed E-state index contributed by atoms with van der Waals surface area (Å²) in [7, 11) is 0. The molecule has 1 aliphatic heterocycles. The van der Waals surface area contributed by atoms with Crippen LogP contribution >= 0.6 is 15.9 Å². The topological polar surface area (TPSA) is 99.0 Å². The summed E-state index contributed by atoms with van der Waals surface area (Å²) in [5.41, 5.74) is 1.36. The molecule has 3 aromatic rings. The van der Waals surface area contributed by atoms with E-state index in [9.17, 15) is 9.18 Å². The maximum Gasteiger partial charge on any atom is 0.446 e. The summed E-state index contributed by atoms with van der Waals surface area (Å²) in [6.45, 7) is 1.70. The lowest BCUT2D eigenvalue weighted by molar-refractivity contribution is 0.298. The summed E-state index contributed by atoms with van der Waals surface area (Å²) in [6.07, 6.45) is 1.94. The summed E-state index contributed by atoms with van der Waals surface area (Å²) in [6, 6.07) is 4.17. The van der Waals surface area contributed by atoms with Crippen LogP contribution in [0.4, 0.5) is 4.39 Å². The number of nitrogens with zero attached hydrogens (tertiary/aromatic N) is 4. The van der Waals surface area contributed by atoms with Crippen LogP contribution in [0, 0.1) is 5.82 Å². The van der Waals surface area contributed by atoms with Crippen molar-refractivity contribution >= 4 is 15.9 Å². The van der Waals surface area contributed by atoms with Crippen LogP contribution < -0.4 is 11.1 Å². The molecule has 3 heterocycles. The van der Waals surface area contributed by atoms with Crippen LogP contribution in [0.1, 0.15) is 24.5 Å². The Labute approximate surface area is 149 Å². The highest BCUT2D eigenvalue weighted by Crippen LogP contribution is 2.30. The summed E-state index contributed by atoms with van der Waals surface area (Å²) < 4.78 is 24.6. The summed E-state index contributed by atoms with van der Waals surface area (Å²) in [4.78, 5) is 12.2. The Kier molecular flexibility index (Phi) is 4.22. The fourth-order valence-electron chi connectivity index (χ4n) is 2.96. The van der Waals surface area contributed by atoms with E-state index >= 15 is 0 Å². The van der Waals surface area contributed by atoms with Crippen molar-refractivity contribution < 1.29 is 13.5 Å². The van der Waals surface area contributed by atoms with Crippen LogP contribution in [0.25, 0.3) is 17.2 Å². The third kappa shape index (κ3) is 2.91. The molecule has 0 saturated carbocycles. The van der Waals surface area contributed by atoms with Gasteiger partial charge in [-0.2, -0.15) is 0 Å². The number of hydrogen-bond acceptors (Lipinski definition) is 7. The van der Waals surface area contributed by atoms with Gasteiger partial charge in [-0.25, -0.2) is 18.4 Å². The molecule has 0 spiro atoms. The number of piperidine rings is 1. The van der Waals surface area contributed by atoms with Gasteiger partial charge >= 0.3 is 5.76 Å². The highest BCUT2D eigenvalue weighted by Gasteiger charge is 2.28. The van der Waals surface area contributed by atoms with E-state index in [1.165, 1.54) is 22.8 Å². The number of hydrogen-bond donors (Lipinski definition) is 1. The van der Waals surface area contributed by atoms with Gasteiger partial charge in [-0.1, -0.05) is 10.3 Å². The first kappa shape index (κ1) is 16.2. The normalized spacial score (nSPS) is 17.8. The lowest BCUT2D eigenvalue weighted by Gasteiger charge is -2.20. The number of aromatic nitrogens is 4. The van der Waals surface area contributed by atoms with Crippen molar-refractivity contribution in [1.82, 2.24) is 25.4 Å². The monoisotopic (exact) mass is 409 g/mol. The second-order valence-electron chi connectivity index (χ2n) is 5.75. The summed E-state index contributed by atoms with van der Waals surface area (Å²) in [5.74, 6) is -0.864. The number of rotatable bonds is 3. The Balaban J connectivity index is 1.82. The van der Waals surface area contributed by atoms with Crippen LogP contribution in [0.3, 0.4) is 0 Å². The van der Waals surface area contributed by atoms with E-state index in [-0.39, 0.29) is 16.2 Å². The highest BCUT2D eigenvalue weighted by atomic mass is 79.9. The average molecular weight is 410 g/mol. The van der Waals surface area contributed by atoms with Crippen molar-refractivity contribution in [3.63, 3.8) is 0 Å². The quantitative estimate of drug-likeness (QED) is 0.707. The van der Waals surface area contributed by atoms with E-state index in [1.807, 2.05) is 0 Å². The Bertz CT molecular complexity index is 960. The molecule has 8 nitrogen and oxygen atoms in total. The van der Waals surface area contributed by atoms with E-state index in [1.54, 1.807) is 0 Å². The minimum atomic E-state index is -0.704.